The number of aromatic nitrogens is 1. The minimum atomic E-state index is -1.06. The quantitative estimate of drug-likeness (QED) is 0.843. The summed E-state index contributed by atoms with van der Waals surface area (Å²) < 4.78 is 15.2. The number of nitrogens with two attached hydrogens (primary N) is 1. The van der Waals surface area contributed by atoms with Crippen molar-refractivity contribution in [1.29, 1.82) is 0 Å². The standard InChI is InChI=1S/C12H13FN2O2/c1-15-6-7(5-10(14)12(16)17)8-3-2-4-9(13)11(8)15/h2-4,6,10H,5,14H2,1H3,(H,16,17). The summed E-state index contributed by atoms with van der Waals surface area (Å²) in [5.41, 5.74) is 6.70. The molecule has 1 aromatic carbocycles. The number of hydrogen-bond donors (Lipinski definition) is 2. The van der Waals surface area contributed by atoms with Crippen LogP contribution in [0.15, 0.2) is 24.4 Å². The Bertz CT molecular complexity index is 577. The molecule has 0 aliphatic carbocycles. The molecule has 5 heteroatoms. The molecular weight excluding hydrogens is 223 g/mol. The fraction of sp³-hybridized carbons (Fsp3) is 0.250. The lowest BCUT2D eigenvalue weighted by atomic mass is 10.1. The summed E-state index contributed by atoms with van der Waals surface area (Å²) in [5, 5.41) is 9.48. The molecule has 0 saturated carbocycles. The van der Waals surface area contributed by atoms with Gasteiger partial charge in [-0.05, 0) is 11.6 Å². The van der Waals surface area contributed by atoms with Crippen molar-refractivity contribution in [3.63, 3.8) is 0 Å². The van der Waals surface area contributed by atoms with Crippen molar-refractivity contribution >= 4 is 16.9 Å². The van der Waals surface area contributed by atoms with E-state index in [0.717, 1.165) is 5.56 Å². The third-order valence-electron chi connectivity index (χ3n) is 2.79. The first kappa shape index (κ1) is 11.6. The second-order valence-corrected chi connectivity index (χ2v) is 4.05. The Kier molecular flexibility index (Phi) is 2.85. The average Bonchev–Trinajstić information content (AvgIpc) is 2.57. The van der Waals surface area contributed by atoms with Crippen molar-refractivity contribution in [2.75, 3.05) is 0 Å². The molecule has 90 valence electrons. The number of benzene rings is 1. The van der Waals surface area contributed by atoms with Crippen molar-refractivity contribution in [2.24, 2.45) is 12.8 Å². The molecule has 0 amide bonds. The molecule has 0 bridgehead atoms. The fourth-order valence-corrected chi connectivity index (χ4v) is 1.99. The lowest BCUT2D eigenvalue weighted by Gasteiger charge is -2.04. The van der Waals surface area contributed by atoms with E-state index in [-0.39, 0.29) is 12.2 Å². The summed E-state index contributed by atoms with van der Waals surface area (Å²) in [6.07, 6.45) is 1.91. The van der Waals surface area contributed by atoms with Gasteiger partial charge in [-0.25, -0.2) is 4.39 Å². The van der Waals surface area contributed by atoms with Crippen molar-refractivity contribution in [1.82, 2.24) is 4.57 Å². The van der Waals surface area contributed by atoms with Crippen LogP contribution in [0.25, 0.3) is 10.9 Å². The highest BCUT2D eigenvalue weighted by atomic mass is 19.1. The second-order valence-electron chi connectivity index (χ2n) is 4.05. The molecule has 0 aliphatic heterocycles. The number of aliphatic carboxylic acids is 1. The summed E-state index contributed by atoms with van der Waals surface area (Å²) in [6.45, 7) is 0. The van der Waals surface area contributed by atoms with Crippen LogP contribution in [0.1, 0.15) is 5.56 Å². The Morgan fingerprint density at radius 1 is 1.59 bits per heavy atom. The fourth-order valence-electron chi connectivity index (χ4n) is 1.99. The molecule has 1 atom stereocenters. The zero-order chi connectivity index (χ0) is 12.6. The van der Waals surface area contributed by atoms with Crippen LogP contribution in [-0.2, 0) is 18.3 Å². The van der Waals surface area contributed by atoms with Crippen molar-refractivity contribution in [3.8, 4) is 0 Å². The molecule has 1 aromatic heterocycles. The lowest BCUT2D eigenvalue weighted by molar-refractivity contribution is -0.138. The summed E-state index contributed by atoms with van der Waals surface area (Å²) in [7, 11) is 1.72. The van der Waals surface area contributed by atoms with Crippen LogP contribution >= 0.6 is 0 Å². The highest BCUT2D eigenvalue weighted by Gasteiger charge is 2.16. The Morgan fingerprint density at radius 2 is 2.29 bits per heavy atom. The number of carboxylic acids is 1. The molecule has 0 saturated heterocycles. The molecule has 17 heavy (non-hydrogen) atoms. The molecule has 1 unspecified atom stereocenters. The van der Waals surface area contributed by atoms with Crippen LogP contribution in [0.2, 0.25) is 0 Å². The molecular formula is C12H13FN2O2. The molecule has 2 rings (SSSR count). The van der Waals surface area contributed by atoms with Crippen LogP contribution in [0.4, 0.5) is 4.39 Å². The molecule has 3 N–H and O–H groups in total. The van der Waals surface area contributed by atoms with E-state index in [1.54, 1.807) is 29.9 Å². The van der Waals surface area contributed by atoms with Gasteiger partial charge in [0.15, 0.2) is 0 Å². The predicted molar refractivity (Wildman–Crippen MR) is 62.2 cm³/mol. The molecule has 1 heterocycles. The Morgan fingerprint density at radius 3 is 2.94 bits per heavy atom. The van der Waals surface area contributed by atoms with Gasteiger partial charge in [-0.2, -0.15) is 0 Å². The number of rotatable bonds is 3. The second kappa shape index (κ2) is 4.18. The van der Waals surface area contributed by atoms with Crippen molar-refractivity contribution < 1.29 is 14.3 Å². The van der Waals surface area contributed by atoms with Gasteiger partial charge in [0.05, 0.1) is 5.52 Å². The maximum atomic E-state index is 13.6. The number of nitrogens with zero attached hydrogens (tertiary/aromatic N) is 1. The molecule has 4 nitrogen and oxygen atoms in total. The summed E-state index contributed by atoms with van der Waals surface area (Å²) in [4.78, 5) is 10.7. The molecule has 0 radical (unpaired) electrons. The van der Waals surface area contributed by atoms with Gasteiger partial charge in [0.2, 0.25) is 0 Å². The average molecular weight is 236 g/mol. The van der Waals surface area contributed by atoms with Crippen LogP contribution in [-0.4, -0.2) is 21.7 Å². The van der Waals surface area contributed by atoms with Gasteiger partial charge < -0.3 is 15.4 Å². The maximum absolute atomic E-state index is 13.6. The number of carboxylic acid groups (broad SMARTS) is 1. The summed E-state index contributed by atoms with van der Waals surface area (Å²) in [6, 6.07) is 3.78. The van der Waals surface area contributed by atoms with Crippen LogP contribution < -0.4 is 5.73 Å². The van der Waals surface area contributed by atoms with Gasteiger partial charge in [-0.3, -0.25) is 4.79 Å². The lowest BCUT2D eigenvalue weighted by Crippen LogP contribution is -2.32. The highest BCUT2D eigenvalue weighted by molar-refractivity contribution is 5.85. The number of carbonyl (C=O) groups is 1. The molecule has 0 spiro atoms. The molecule has 0 aliphatic rings. The first-order valence-corrected chi connectivity index (χ1v) is 5.21. The SMILES string of the molecule is Cn1cc(CC(N)C(=O)O)c2cccc(F)c21. The normalized spacial score (nSPS) is 12.9. The Hall–Kier alpha value is -1.88. The third-order valence-corrected chi connectivity index (χ3v) is 2.79. The largest absolute Gasteiger partial charge is 0.480 e. The highest BCUT2D eigenvalue weighted by Crippen LogP contribution is 2.23. The molecule has 2 aromatic rings. The van der Waals surface area contributed by atoms with Gasteiger partial charge in [0.25, 0.3) is 0 Å². The number of fused-ring (bicyclic) bond motifs is 1. The van der Waals surface area contributed by atoms with E-state index >= 15 is 0 Å². The van der Waals surface area contributed by atoms with Gasteiger partial charge in [0, 0.05) is 25.1 Å². The monoisotopic (exact) mass is 236 g/mol. The number of hydrogen-bond acceptors (Lipinski definition) is 2. The van der Waals surface area contributed by atoms with E-state index in [0.29, 0.717) is 10.9 Å². The molecule has 0 fully saturated rings. The van der Waals surface area contributed by atoms with Gasteiger partial charge in [-0.1, -0.05) is 12.1 Å². The van der Waals surface area contributed by atoms with Crippen molar-refractivity contribution in [2.45, 2.75) is 12.5 Å². The van der Waals surface area contributed by atoms with Crippen LogP contribution in [0.3, 0.4) is 0 Å². The van der Waals surface area contributed by atoms with Crippen molar-refractivity contribution in [3.05, 3.63) is 35.8 Å². The van der Waals surface area contributed by atoms with Gasteiger partial charge in [0.1, 0.15) is 11.9 Å². The Balaban J connectivity index is 2.49. The zero-order valence-corrected chi connectivity index (χ0v) is 9.35. The predicted octanol–water partition coefficient (Wildman–Crippen LogP) is 1.27. The summed E-state index contributed by atoms with van der Waals surface area (Å²) >= 11 is 0. The van der Waals surface area contributed by atoms with E-state index in [4.69, 9.17) is 10.8 Å². The van der Waals surface area contributed by atoms with E-state index in [1.807, 2.05) is 0 Å². The zero-order valence-electron chi connectivity index (χ0n) is 9.35. The summed E-state index contributed by atoms with van der Waals surface area (Å²) in [5.74, 6) is -1.38. The van der Waals surface area contributed by atoms with Crippen LogP contribution in [0, 0.1) is 5.82 Å². The van der Waals surface area contributed by atoms with E-state index in [9.17, 15) is 9.18 Å². The minimum Gasteiger partial charge on any atom is -0.480 e. The maximum Gasteiger partial charge on any atom is 0.320 e. The smallest absolute Gasteiger partial charge is 0.320 e. The number of halogens is 1. The third kappa shape index (κ3) is 2.01. The van der Waals surface area contributed by atoms with Gasteiger partial charge in [-0.15, -0.1) is 0 Å². The minimum absolute atomic E-state index is 0.191. The van der Waals surface area contributed by atoms with E-state index in [2.05, 4.69) is 0 Å². The van der Waals surface area contributed by atoms with Gasteiger partial charge >= 0.3 is 5.97 Å². The van der Waals surface area contributed by atoms with E-state index < -0.39 is 12.0 Å². The Labute approximate surface area is 97.5 Å². The van der Waals surface area contributed by atoms with Crippen LogP contribution in [0.5, 0.6) is 0 Å². The number of aryl methyl sites for hydroxylation is 1. The van der Waals surface area contributed by atoms with E-state index in [1.165, 1.54) is 6.07 Å². The first-order valence-electron chi connectivity index (χ1n) is 5.21. The number of para-hydroxylation sites is 1. The topological polar surface area (TPSA) is 68.2 Å². The first-order chi connectivity index (χ1) is 8.00.